The number of nitrogens with zero attached hydrogens (tertiary/aromatic N) is 1. The van der Waals surface area contributed by atoms with Crippen LogP contribution in [0.2, 0.25) is 0 Å². The molecule has 0 spiro atoms. The van der Waals surface area contributed by atoms with Gasteiger partial charge in [0.1, 0.15) is 0 Å². The molecule has 2 fully saturated rings. The number of likely N-dealkylation sites (tertiary alicyclic amines) is 1. The summed E-state index contributed by atoms with van der Waals surface area (Å²) in [4.78, 5) is 2.56. The summed E-state index contributed by atoms with van der Waals surface area (Å²) in [6.07, 6.45) is 5.72. The second-order valence-electron chi connectivity index (χ2n) is 5.51. The average molecular weight is 261 g/mol. The van der Waals surface area contributed by atoms with Crippen LogP contribution in [0.15, 0.2) is 30.3 Å². The van der Waals surface area contributed by atoms with Gasteiger partial charge < -0.3 is 0 Å². The summed E-state index contributed by atoms with van der Waals surface area (Å²) in [7, 11) is 0. The summed E-state index contributed by atoms with van der Waals surface area (Å²) in [6, 6.07) is 11.4. The Labute approximate surface area is 120 Å². The fourth-order valence-corrected chi connectivity index (χ4v) is 2.24. The van der Waals surface area contributed by atoms with Gasteiger partial charge in [0.15, 0.2) is 0 Å². The van der Waals surface area contributed by atoms with Gasteiger partial charge >= 0.3 is 0 Å². The lowest BCUT2D eigenvalue weighted by atomic mass is 10.1. The van der Waals surface area contributed by atoms with Gasteiger partial charge in [0.2, 0.25) is 0 Å². The van der Waals surface area contributed by atoms with Crippen molar-refractivity contribution in [3.05, 3.63) is 35.9 Å². The summed E-state index contributed by atoms with van der Waals surface area (Å²) in [6.45, 7) is 11.1. The van der Waals surface area contributed by atoms with Crippen LogP contribution in [0.25, 0.3) is 0 Å². The molecule has 1 aromatic rings. The molecule has 1 saturated heterocycles. The van der Waals surface area contributed by atoms with Crippen LogP contribution in [-0.2, 0) is 0 Å². The summed E-state index contributed by atoms with van der Waals surface area (Å²) in [5.41, 5.74) is 1.45. The minimum atomic E-state index is 0.601. The average Bonchev–Trinajstić information content (AvgIpc) is 3.09. The Morgan fingerprint density at radius 3 is 1.89 bits per heavy atom. The van der Waals surface area contributed by atoms with E-state index in [2.05, 4.69) is 49.1 Å². The molecule has 0 bridgehead atoms. The molecule has 19 heavy (non-hydrogen) atoms. The summed E-state index contributed by atoms with van der Waals surface area (Å²) < 4.78 is 0. The van der Waals surface area contributed by atoms with Crippen LogP contribution in [0.4, 0.5) is 0 Å². The van der Waals surface area contributed by atoms with Gasteiger partial charge in [0, 0.05) is 6.04 Å². The fraction of sp³-hybridized carbons (Fsp3) is 0.667. The molecule has 1 unspecified atom stereocenters. The first-order chi connectivity index (χ1) is 9.27. The highest BCUT2D eigenvalue weighted by atomic mass is 15.2. The van der Waals surface area contributed by atoms with E-state index in [1.54, 1.807) is 0 Å². The molecule has 1 saturated carbocycles. The van der Waals surface area contributed by atoms with Crippen molar-refractivity contribution in [1.29, 1.82) is 0 Å². The van der Waals surface area contributed by atoms with Crippen LogP contribution >= 0.6 is 0 Å². The fourth-order valence-electron chi connectivity index (χ4n) is 2.24. The van der Waals surface area contributed by atoms with Gasteiger partial charge in [-0.05, 0) is 44.3 Å². The molecule has 108 valence electrons. The van der Waals surface area contributed by atoms with E-state index >= 15 is 0 Å². The molecule has 1 aliphatic carbocycles. The molecular weight excluding hydrogens is 230 g/mol. The third-order valence-electron chi connectivity index (χ3n) is 3.84. The van der Waals surface area contributed by atoms with Crippen LogP contribution in [0, 0.1) is 5.92 Å². The zero-order valence-electron chi connectivity index (χ0n) is 13.2. The number of rotatable bonds is 2. The molecule has 0 N–H and O–H groups in total. The lowest BCUT2D eigenvalue weighted by molar-refractivity contribution is 0.263. The maximum absolute atomic E-state index is 2.56. The number of hydrogen-bond acceptors (Lipinski definition) is 1. The van der Waals surface area contributed by atoms with Crippen molar-refractivity contribution in [2.45, 2.75) is 59.4 Å². The maximum atomic E-state index is 2.56. The topological polar surface area (TPSA) is 3.24 Å². The molecule has 2 aliphatic rings. The Bertz CT molecular complexity index is 310. The second-order valence-corrected chi connectivity index (χ2v) is 5.51. The third-order valence-corrected chi connectivity index (χ3v) is 3.84. The van der Waals surface area contributed by atoms with Crippen molar-refractivity contribution in [1.82, 2.24) is 4.90 Å². The van der Waals surface area contributed by atoms with Crippen molar-refractivity contribution in [2.24, 2.45) is 5.92 Å². The molecule has 1 aliphatic heterocycles. The van der Waals surface area contributed by atoms with Crippen LogP contribution in [0.5, 0.6) is 0 Å². The summed E-state index contributed by atoms with van der Waals surface area (Å²) >= 11 is 0. The Kier molecular flexibility index (Phi) is 7.81. The van der Waals surface area contributed by atoms with Gasteiger partial charge in [-0.2, -0.15) is 0 Å². The van der Waals surface area contributed by atoms with E-state index in [4.69, 9.17) is 0 Å². The predicted octanol–water partition coefficient (Wildman–Crippen LogP) is 5.29. The lowest BCUT2D eigenvalue weighted by Gasteiger charge is -2.23. The first kappa shape index (κ1) is 16.2. The maximum Gasteiger partial charge on any atom is 0.0319 e. The third kappa shape index (κ3) is 6.24. The zero-order chi connectivity index (χ0) is 14.1. The van der Waals surface area contributed by atoms with E-state index in [1.807, 2.05) is 13.8 Å². The quantitative estimate of drug-likeness (QED) is 0.699. The summed E-state index contributed by atoms with van der Waals surface area (Å²) in [5, 5.41) is 0. The Morgan fingerprint density at radius 1 is 1.00 bits per heavy atom. The van der Waals surface area contributed by atoms with Crippen molar-refractivity contribution in [3.63, 3.8) is 0 Å². The molecule has 0 aromatic heterocycles. The van der Waals surface area contributed by atoms with Crippen LogP contribution in [0.3, 0.4) is 0 Å². The van der Waals surface area contributed by atoms with E-state index in [0.717, 1.165) is 5.92 Å². The van der Waals surface area contributed by atoms with Gasteiger partial charge in [-0.25, -0.2) is 0 Å². The molecule has 1 heteroatoms. The number of benzene rings is 1. The van der Waals surface area contributed by atoms with Crippen molar-refractivity contribution < 1.29 is 0 Å². The SMILES string of the molecule is CC.CC(c1ccccc1)N1CCCC1.CC1CC1. The normalized spacial score (nSPS) is 19.8. The summed E-state index contributed by atoms with van der Waals surface area (Å²) in [5.74, 6) is 1.08. The standard InChI is InChI=1S/C12H17N.C4H8.C2H6/c1-11(13-9-5-6-10-13)12-7-3-2-4-8-12;1-4-2-3-4;1-2/h2-4,7-8,11H,5-6,9-10H2,1H3;4H,2-3H2,1H3;1-2H3. The van der Waals surface area contributed by atoms with E-state index in [9.17, 15) is 0 Å². The van der Waals surface area contributed by atoms with Gasteiger partial charge in [-0.3, -0.25) is 4.90 Å². The highest BCUT2D eigenvalue weighted by molar-refractivity contribution is 5.18. The van der Waals surface area contributed by atoms with Gasteiger partial charge in [0.25, 0.3) is 0 Å². The van der Waals surface area contributed by atoms with Crippen LogP contribution < -0.4 is 0 Å². The van der Waals surface area contributed by atoms with Gasteiger partial charge in [0.05, 0.1) is 0 Å². The van der Waals surface area contributed by atoms with Crippen molar-refractivity contribution in [2.75, 3.05) is 13.1 Å². The van der Waals surface area contributed by atoms with E-state index < -0.39 is 0 Å². The Morgan fingerprint density at radius 2 is 1.47 bits per heavy atom. The molecule has 1 heterocycles. The number of hydrogen-bond donors (Lipinski definition) is 0. The van der Waals surface area contributed by atoms with E-state index in [1.165, 1.54) is 44.3 Å². The van der Waals surface area contributed by atoms with Crippen LogP contribution in [0.1, 0.15) is 65.0 Å². The van der Waals surface area contributed by atoms with E-state index in [0.29, 0.717) is 6.04 Å². The molecule has 0 radical (unpaired) electrons. The lowest BCUT2D eigenvalue weighted by Crippen LogP contribution is -2.22. The molecule has 0 amide bonds. The smallest absolute Gasteiger partial charge is 0.0319 e. The largest absolute Gasteiger partial charge is 0.297 e. The van der Waals surface area contributed by atoms with Gasteiger partial charge in [-0.1, -0.05) is 63.9 Å². The molecule has 3 rings (SSSR count). The van der Waals surface area contributed by atoms with Crippen molar-refractivity contribution in [3.8, 4) is 0 Å². The minimum absolute atomic E-state index is 0.601. The Hall–Kier alpha value is -0.820. The first-order valence-corrected chi connectivity index (χ1v) is 8.06. The second kappa shape index (κ2) is 9.14. The first-order valence-electron chi connectivity index (χ1n) is 8.06. The van der Waals surface area contributed by atoms with E-state index in [-0.39, 0.29) is 0 Å². The Balaban J connectivity index is 0.000000253. The minimum Gasteiger partial charge on any atom is -0.297 e. The molecule has 1 aromatic carbocycles. The monoisotopic (exact) mass is 261 g/mol. The molecule has 1 atom stereocenters. The van der Waals surface area contributed by atoms with Crippen LogP contribution in [-0.4, -0.2) is 18.0 Å². The highest BCUT2D eigenvalue weighted by Gasteiger charge is 2.18. The highest BCUT2D eigenvalue weighted by Crippen LogP contribution is 2.26. The zero-order valence-corrected chi connectivity index (χ0v) is 13.2. The van der Waals surface area contributed by atoms with Gasteiger partial charge in [-0.15, -0.1) is 0 Å². The molecular formula is C18H31N. The van der Waals surface area contributed by atoms with Crippen molar-refractivity contribution >= 4 is 0 Å². The predicted molar refractivity (Wildman–Crippen MR) is 85.4 cm³/mol. The molecule has 1 nitrogen and oxygen atoms in total.